The molecule has 5 heteroatoms. The Labute approximate surface area is 274 Å². The van der Waals surface area contributed by atoms with E-state index in [9.17, 15) is 0 Å². The smallest absolute Gasteiger partial charge is 0.135 e. The van der Waals surface area contributed by atoms with Gasteiger partial charge in [0.15, 0.2) is 0 Å². The van der Waals surface area contributed by atoms with E-state index in [1.54, 1.807) is 0 Å². The number of pyridine rings is 2. The zero-order valence-electron chi connectivity index (χ0n) is 25.6. The number of aromatic nitrogens is 2. The van der Waals surface area contributed by atoms with Crippen LogP contribution in [0.1, 0.15) is 11.1 Å². The van der Waals surface area contributed by atoms with Gasteiger partial charge < -0.3 is 14.4 Å². The molecule has 0 aliphatic heterocycles. The van der Waals surface area contributed by atoms with Gasteiger partial charge in [0.1, 0.15) is 11.2 Å². The van der Waals surface area contributed by atoms with Gasteiger partial charge in [0.05, 0.1) is 8.07 Å². The van der Waals surface area contributed by atoms with Crippen LogP contribution >= 0.6 is 0 Å². The Bertz CT molecular complexity index is 2010. The van der Waals surface area contributed by atoms with Crippen molar-refractivity contribution in [3.8, 4) is 33.6 Å². The topological polar surface area (TPSA) is 38.9 Å². The largest absolute Gasteiger partial charge is 0.457 e. The van der Waals surface area contributed by atoms with Crippen LogP contribution in [0.4, 0.5) is 0 Å². The second kappa shape index (κ2) is 13.2. The van der Waals surface area contributed by atoms with Crippen LogP contribution in [0, 0.1) is 26.0 Å². The summed E-state index contributed by atoms with van der Waals surface area (Å²) in [6.45, 7) is 11.3. The third-order valence-corrected chi connectivity index (χ3v) is 9.75. The van der Waals surface area contributed by atoms with Crippen LogP contribution in [-0.4, -0.2) is 18.0 Å². The number of fused-ring (bicyclic) bond motifs is 3. The molecular weight excluding hydrogens is 733 g/mol. The quantitative estimate of drug-likeness (QED) is 0.132. The van der Waals surface area contributed by atoms with Crippen LogP contribution in [-0.2, 0) is 20.1 Å². The summed E-state index contributed by atoms with van der Waals surface area (Å²) in [6, 6.07) is 41.5. The van der Waals surface area contributed by atoms with Crippen molar-refractivity contribution in [3.63, 3.8) is 0 Å². The van der Waals surface area contributed by atoms with Crippen molar-refractivity contribution in [2.24, 2.45) is 0 Å². The monoisotopic (exact) mass is 767 g/mol. The average molecular weight is 767 g/mol. The Morgan fingerprint density at radius 1 is 0.614 bits per heavy atom. The number of hydrogen-bond donors (Lipinski definition) is 0. The van der Waals surface area contributed by atoms with Crippen molar-refractivity contribution in [1.29, 1.82) is 0 Å². The first-order chi connectivity index (χ1) is 20.8. The van der Waals surface area contributed by atoms with Gasteiger partial charge in [-0.2, -0.15) is 0 Å². The van der Waals surface area contributed by atoms with Gasteiger partial charge in [-0.1, -0.05) is 68.2 Å². The van der Waals surface area contributed by atoms with E-state index in [2.05, 4.69) is 104 Å². The summed E-state index contributed by atoms with van der Waals surface area (Å²) < 4.78 is 6.01. The first-order valence-electron chi connectivity index (χ1n) is 14.6. The standard InChI is InChI=1S/C25H18NO.C14H16NSi.Ir/c1-16-7-5-8-17(2)25(16)19-10-6-9-18(13-19)22-14-24-21(15-26-22)20-11-3-4-12-23(20)27-24;1-16(2,3)13-9-10-14(15-11-13)12-7-5-4-6-8-12;/h3-8,10-15H,1-2H3;4-7,9-11H,1-3H3;/q2*-1;. The molecule has 0 spiro atoms. The zero-order valence-corrected chi connectivity index (χ0v) is 29.0. The Hall–Kier alpha value is -4.15. The molecule has 0 saturated carbocycles. The first kappa shape index (κ1) is 31.3. The maximum Gasteiger partial charge on any atom is 0.135 e. The third-order valence-electron chi connectivity index (χ3n) is 7.72. The SMILES string of the molecule is C[Si](C)(C)c1ccc(-c2[c-]cccc2)nc1.Cc1cccc(C)c1-c1cc[c-]c(-c2cc3oc4ccccc4c3cn2)c1.[Ir]. The molecule has 1 radical (unpaired) electrons. The summed E-state index contributed by atoms with van der Waals surface area (Å²) in [4.78, 5) is 9.21. The molecule has 44 heavy (non-hydrogen) atoms. The molecule has 4 aromatic carbocycles. The normalized spacial score (nSPS) is 11.1. The molecule has 0 atom stereocenters. The van der Waals surface area contributed by atoms with E-state index >= 15 is 0 Å². The fraction of sp³-hybridized carbons (Fsp3) is 0.128. The molecule has 0 amide bonds. The first-order valence-corrected chi connectivity index (χ1v) is 18.1. The average Bonchev–Trinajstić information content (AvgIpc) is 3.40. The van der Waals surface area contributed by atoms with Crippen molar-refractivity contribution in [1.82, 2.24) is 9.97 Å². The van der Waals surface area contributed by atoms with Crippen molar-refractivity contribution in [2.75, 3.05) is 0 Å². The Balaban J connectivity index is 0.000000194. The molecule has 0 saturated heterocycles. The summed E-state index contributed by atoms with van der Waals surface area (Å²) in [5.41, 5.74) is 10.6. The second-order valence-electron chi connectivity index (χ2n) is 11.9. The van der Waals surface area contributed by atoms with E-state index in [0.29, 0.717) is 0 Å². The molecule has 0 aliphatic rings. The number of hydrogen-bond acceptors (Lipinski definition) is 3. The molecule has 3 aromatic heterocycles. The van der Waals surface area contributed by atoms with Crippen molar-refractivity contribution in [3.05, 3.63) is 139 Å². The number of furan rings is 1. The Morgan fingerprint density at radius 3 is 2.05 bits per heavy atom. The van der Waals surface area contributed by atoms with Crippen LogP contribution in [0.2, 0.25) is 19.6 Å². The molecule has 3 heterocycles. The van der Waals surface area contributed by atoms with Crippen LogP contribution in [0.5, 0.6) is 0 Å². The second-order valence-corrected chi connectivity index (χ2v) is 17.0. The number of nitrogens with zero attached hydrogens (tertiary/aromatic N) is 2. The molecule has 7 rings (SSSR count). The van der Waals surface area contributed by atoms with Gasteiger partial charge >= 0.3 is 0 Å². The maximum atomic E-state index is 6.01. The summed E-state index contributed by atoms with van der Waals surface area (Å²) in [5.74, 6) is 0. The molecule has 0 fully saturated rings. The summed E-state index contributed by atoms with van der Waals surface area (Å²) in [7, 11) is -1.23. The molecule has 0 unspecified atom stereocenters. The minimum atomic E-state index is -1.23. The molecular formula is C39H34IrN2OSi-2. The van der Waals surface area contributed by atoms with Crippen LogP contribution in [0.25, 0.3) is 55.6 Å². The van der Waals surface area contributed by atoms with Gasteiger partial charge in [0.2, 0.25) is 0 Å². The van der Waals surface area contributed by atoms with Crippen LogP contribution in [0.15, 0.2) is 120 Å². The summed E-state index contributed by atoms with van der Waals surface area (Å²) in [6.07, 6.45) is 3.92. The van der Waals surface area contributed by atoms with E-state index in [4.69, 9.17) is 4.42 Å². The molecule has 3 nitrogen and oxygen atoms in total. The van der Waals surface area contributed by atoms with E-state index in [1.807, 2.05) is 67.0 Å². The van der Waals surface area contributed by atoms with Gasteiger partial charge in [-0.15, -0.1) is 71.3 Å². The van der Waals surface area contributed by atoms with Crippen LogP contribution < -0.4 is 5.19 Å². The van der Waals surface area contributed by atoms with E-state index in [-0.39, 0.29) is 20.1 Å². The zero-order chi connectivity index (χ0) is 30.0. The predicted octanol–water partition coefficient (Wildman–Crippen LogP) is 9.82. The van der Waals surface area contributed by atoms with Gasteiger partial charge in [0, 0.05) is 43.3 Å². The Kier molecular flexibility index (Phi) is 9.41. The fourth-order valence-electron chi connectivity index (χ4n) is 5.36. The molecule has 7 aromatic rings. The third kappa shape index (κ3) is 6.66. The number of aryl methyl sites for hydroxylation is 2. The van der Waals surface area contributed by atoms with Crippen molar-refractivity contribution < 1.29 is 24.5 Å². The Morgan fingerprint density at radius 2 is 1.34 bits per heavy atom. The number of benzene rings is 4. The van der Waals surface area contributed by atoms with Gasteiger partial charge in [-0.3, -0.25) is 0 Å². The predicted molar refractivity (Wildman–Crippen MR) is 182 cm³/mol. The minimum Gasteiger partial charge on any atom is -0.457 e. The van der Waals surface area contributed by atoms with Gasteiger partial charge in [0.25, 0.3) is 0 Å². The van der Waals surface area contributed by atoms with E-state index < -0.39 is 8.07 Å². The summed E-state index contributed by atoms with van der Waals surface area (Å²) >= 11 is 0. The number of para-hydroxylation sites is 1. The number of rotatable bonds is 4. The summed E-state index contributed by atoms with van der Waals surface area (Å²) in [5, 5.41) is 3.53. The van der Waals surface area contributed by atoms with Crippen molar-refractivity contribution in [2.45, 2.75) is 33.5 Å². The van der Waals surface area contributed by atoms with Crippen molar-refractivity contribution >= 4 is 35.2 Å². The fourth-order valence-corrected chi connectivity index (χ4v) is 6.39. The molecule has 0 N–H and O–H groups in total. The van der Waals surface area contributed by atoms with E-state index in [0.717, 1.165) is 44.5 Å². The minimum absolute atomic E-state index is 0. The molecule has 0 aliphatic carbocycles. The van der Waals surface area contributed by atoms with Gasteiger partial charge in [-0.25, -0.2) is 0 Å². The molecule has 221 valence electrons. The van der Waals surface area contributed by atoms with Gasteiger partial charge in [-0.05, 0) is 59.2 Å². The molecule has 0 bridgehead atoms. The van der Waals surface area contributed by atoms with E-state index in [1.165, 1.54) is 27.4 Å². The van der Waals surface area contributed by atoms with Crippen LogP contribution in [0.3, 0.4) is 0 Å². The maximum absolute atomic E-state index is 6.01.